The lowest BCUT2D eigenvalue weighted by atomic mass is 10.2. The van der Waals surface area contributed by atoms with Gasteiger partial charge in [-0.1, -0.05) is 17.7 Å². The Bertz CT molecular complexity index is 440. The van der Waals surface area contributed by atoms with E-state index in [1.165, 1.54) is 12.1 Å². The van der Waals surface area contributed by atoms with Crippen LogP contribution in [0.2, 0.25) is 0 Å². The Labute approximate surface area is 120 Å². The first kappa shape index (κ1) is 20.4. The van der Waals surface area contributed by atoms with Gasteiger partial charge < -0.3 is 0 Å². The predicted octanol–water partition coefficient (Wildman–Crippen LogP) is 5.90. The van der Waals surface area contributed by atoms with Gasteiger partial charge >= 0.3 is 0 Å². The number of hydrogen-bond acceptors (Lipinski definition) is 0. The summed E-state index contributed by atoms with van der Waals surface area (Å²) in [6, 6.07) is 6.40. The van der Waals surface area contributed by atoms with Crippen molar-refractivity contribution in [3.8, 4) is 11.8 Å². The van der Waals surface area contributed by atoms with Gasteiger partial charge in [0, 0.05) is 6.08 Å². The van der Waals surface area contributed by atoms with E-state index < -0.39 is 5.83 Å². The van der Waals surface area contributed by atoms with Crippen LogP contribution in [0.3, 0.4) is 0 Å². The number of allylic oxidation sites excluding steroid dienone is 3. The lowest BCUT2D eigenvalue weighted by Crippen LogP contribution is -1.71. The fourth-order valence-corrected chi connectivity index (χ4v) is 0.755. The SMILES string of the molecule is CC#CC.CC(C)=C(F)/C=C/F.Cc1ccc(F)cc1. The van der Waals surface area contributed by atoms with Gasteiger partial charge in [0.1, 0.15) is 11.6 Å². The van der Waals surface area contributed by atoms with Crippen molar-refractivity contribution >= 4 is 0 Å². The molecule has 0 aliphatic rings. The maximum Gasteiger partial charge on any atom is 0.124 e. The molecule has 0 heterocycles. The average molecular weight is 282 g/mol. The van der Waals surface area contributed by atoms with E-state index in [1.54, 1.807) is 26.0 Å². The van der Waals surface area contributed by atoms with Gasteiger partial charge in [0.25, 0.3) is 0 Å². The van der Waals surface area contributed by atoms with Gasteiger partial charge in [-0.15, -0.1) is 11.8 Å². The molecule has 20 heavy (non-hydrogen) atoms. The molecule has 0 aliphatic carbocycles. The first-order valence-corrected chi connectivity index (χ1v) is 6.04. The summed E-state index contributed by atoms with van der Waals surface area (Å²) in [5.74, 6) is 4.68. The zero-order chi connectivity index (χ0) is 16.0. The van der Waals surface area contributed by atoms with Crippen molar-refractivity contribution in [2.24, 2.45) is 0 Å². The van der Waals surface area contributed by atoms with Gasteiger partial charge in [-0.05, 0) is 52.3 Å². The molecule has 0 saturated heterocycles. The molecule has 0 nitrogen and oxygen atoms in total. The highest BCUT2D eigenvalue weighted by Gasteiger charge is 1.87. The third-order valence-electron chi connectivity index (χ3n) is 1.95. The Morgan fingerprint density at radius 2 is 1.50 bits per heavy atom. The van der Waals surface area contributed by atoms with Crippen molar-refractivity contribution in [1.29, 1.82) is 0 Å². The van der Waals surface area contributed by atoms with Gasteiger partial charge in [0.2, 0.25) is 0 Å². The molecule has 0 saturated carbocycles. The Morgan fingerprint density at radius 3 is 1.70 bits per heavy atom. The normalized spacial score (nSPS) is 8.40. The number of aryl methyl sites for hydroxylation is 1. The molecule has 0 aliphatic heterocycles. The van der Waals surface area contributed by atoms with Gasteiger partial charge in [-0.3, -0.25) is 0 Å². The zero-order valence-electron chi connectivity index (χ0n) is 12.6. The molecule has 1 rings (SSSR count). The molecule has 0 radical (unpaired) electrons. The average Bonchev–Trinajstić information content (AvgIpc) is 2.43. The van der Waals surface area contributed by atoms with Crippen molar-refractivity contribution in [2.45, 2.75) is 34.6 Å². The molecule has 0 spiro atoms. The van der Waals surface area contributed by atoms with Crippen LogP contribution in [0.1, 0.15) is 33.3 Å². The summed E-state index contributed by atoms with van der Waals surface area (Å²) in [6.07, 6.45) is 0.970. The summed E-state index contributed by atoms with van der Waals surface area (Å²) in [5.41, 5.74) is 1.57. The van der Waals surface area contributed by atoms with Crippen LogP contribution in [0.25, 0.3) is 0 Å². The summed E-state index contributed by atoms with van der Waals surface area (Å²) >= 11 is 0. The van der Waals surface area contributed by atoms with Crippen LogP contribution in [0.4, 0.5) is 13.2 Å². The summed E-state index contributed by atoms with van der Waals surface area (Å²) in [5, 5.41) is 0. The molecule has 0 bridgehead atoms. The molecular formula is C17H21F3. The van der Waals surface area contributed by atoms with Crippen LogP contribution in [-0.4, -0.2) is 0 Å². The second-order valence-corrected chi connectivity index (χ2v) is 3.94. The minimum Gasteiger partial charge on any atom is -0.215 e. The van der Waals surface area contributed by atoms with E-state index in [9.17, 15) is 13.2 Å². The lowest BCUT2D eigenvalue weighted by Gasteiger charge is -1.87. The minimum absolute atomic E-state index is 0.171. The van der Waals surface area contributed by atoms with Gasteiger partial charge in [0.05, 0.1) is 6.33 Å². The van der Waals surface area contributed by atoms with E-state index in [-0.39, 0.29) is 12.1 Å². The van der Waals surface area contributed by atoms with Crippen LogP contribution in [-0.2, 0) is 0 Å². The minimum atomic E-state index is -0.507. The highest BCUT2D eigenvalue weighted by Crippen LogP contribution is 2.05. The van der Waals surface area contributed by atoms with Crippen molar-refractivity contribution < 1.29 is 13.2 Å². The quantitative estimate of drug-likeness (QED) is 0.444. The van der Waals surface area contributed by atoms with Crippen LogP contribution in [0.15, 0.2) is 48.1 Å². The van der Waals surface area contributed by atoms with E-state index in [0.717, 1.165) is 11.6 Å². The molecular weight excluding hydrogens is 261 g/mol. The summed E-state index contributed by atoms with van der Waals surface area (Å²) in [7, 11) is 0. The molecule has 3 heteroatoms. The summed E-state index contributed by atoms with van der Waals surface area (Å²) < 4.78 is 35.3. The number of benzene rings is 1. The third kappa shape index (κ3) is 14.1. The Hall–Kier alpha value is -1.95. The second-order valence-electron chi connectivity index (χ2n) is 3.94. The molecule has 0 amide bonds. The van der Waals surface area contributed by atoms with E-state index in [2.05, 4.69) is 11.8 Å². The van der Waals surface area contributed by atoms with Crippen LogP contribution < -0.4 is 0 Å². The molecule has 1 aromatic carbocycles. The van der Waals surface area contributed by atoms with Gasteiger partial charge in [-0.25, -0.2) is 13.2 Å². The van der Waals surface area contributed by atoms with Crippen molar-refractivity contribution in [1.82, 2.24) is 0 Å². The molecule has 0 aromatic heterocycles. The lowest BCUT2D eigenvalue weighted by molar-refractivity contribution is 0.627. The summed E-state index contributed by atoms with van der Waals surface area (Å²) in [4.78, 5) is 0. The molecule has 0 unspecified atom stereocenters. The Kier molecular flexibility index (Phi) is 13.7. The van der Waals surface area contributed by atoms with E-state index >= 15 is 0 Å². The van der Waals surface area contributed by atoms with Gasteiger partial charge in [-0.2, -0.15) is 0 Å². The van der Waals surface area contributed by atoms with Gasteiger partial charge in [0.15, 0.2) is 0 Å². The van der Waals surface area contributed by atoms with E-state index in [1.807, 2.05) is 20.8 Å². The molecule has 0 atom stereocenters. The van der Waals surface area contributed by atoms with Crippen LogP contribution in [0, 0.1) is 24.6 Å². The van der Waals surface area contributed by atoms with Crippen molar-refractivity contribution in [2.75, 3.05) is 0 Å². The second kappa shape index (κ2) is 13.5. The van der Waals surface area contributed by atoms with Crippen LogP contribution in [0.5, 0.6) is 0 Å². The fourth-order valence-electron chi connectivity index (χ4n) is 0.755. The number of hydrogen-bond donors (Lipinski definition) is 0. The predicted molar refractivity (Wildman–Crippen MR) is 80.0 cm³/mol. The highest BCUT2D eigenvalue weighted by atomic mass is 19.1. The standard InChI is InChI=1S/C7H7F.C6H8F2.C4H6/c1-6-2-4-7(8)5-3-6;1-5(2)6(8)3-4-7;1-3-4-2/h2-5H,1H3;3-4H,1-2H3;1-2H3/b;4-3+;. The fraction of sp³-hybridized carbons (Fsp3) is 0.294. The first-order chi connectivity index (χ1) is 9.38. The first-order valence-electron chi connectivity index (χ1n) is 6.04. The zero-order valence-corrected chi connectivity index (χ0v) is 12.6. The monoisotopic (exact) mass is 282 g/mol. The summed E-state index contributed by atoms with van der Waals surface area (Å²) in [6.45, 7) is 8.73. The maximum atomic E-state index is 12.1. The van der Waals surface area contributed by atoms with E-state index in [0.29, 0.717) is 5.57 Å². The Balaban J connectivity index is 0. The smallest absolute Gasteiger partial charge is 0.124 e. The highest BCUT2D eigenvalue weighted by molar-refractivity contribution is 5.14. The topological polar surface area (TPSA) is 0 Å². The molecule has 0 fully saturated rings. The molecule has 0 N–H and O–H groups in total. The third-order valence-corrected chi connectivity index (χ3v) is 1.95. The number of rotatable bonds is 1. The van der Waals surface area contributed by atoms with Crippen LogP contribution >= 0.6 is 0 Å². The van der Waals surface area contributed by atoms with E-state index in [4.69, 9.17) is 0 Å². The molecule has 110 valence electrons. The molecule has 1 aromatic rings. The van der Waals surface area contributed by atoms with Crippen molar-refractivity contribution in [3.63, 3.8) is 0 Å². The van der Waals surface area contributed by atoms with Crippen molar-refractivity contribution in [3.05, 3.63) is 59.5 Å². The maximum absolute atomic E-state index is 12.1. The number of halogens is 3. The Morgan fingerprint density at radius 1 is 1.05 bits per heavy atom. The largest absolute Gasteiger partial charge is 0.215 e.